The van der Waals surface area contributed by atoms with E-state index in [0.717, 1.165) is 5.69 Å². The van der Waals surface area contributed by atoms with Crippen LogP contribution in [0, 0.1) is 11.3 Å². The van der Waals surface area contributed by atoms with Crippen LogP contribution in [0.3, 0.4) is 0 Å². The number of amides is 1. The number of carbonyl (C=O) groups is 1. The van der Waals surface area contributed by atoms with Crippen LogP contribution < -0.4 is 5.32 Å². The number of nitrogens with one attached hydrogen (secondary N) is 1. The fourth-order valence-electron chi connectivity index (χ4n) is 1.80. The second-order valence-corrected chi connectivity index (χ2v) is 4.05. The summed E-state index contributed by atoms with van der Waals surface area (Å²) in [6, 6.07) is 11.6. The summed E-state index contributed by atoms with van der Waals surface area (Å²) in [6.45, 7) is 1.57. The van der Waals surface area contributed by atoms with E-state index in [-0.39, 0.29) is 12.5 Å². The number of para-hydroxylation sites is 1. The third-order valence-corrected chi connectivity index (χ3v) is 2.78. The second kappa shape index (κ2) is 6.03. The Balaban J connectivity index is 1.83. The predicted molar refractivity (Wildman–Crippen MR) is 66.9 cm³/mol. The maximum atomic E-state index is 11.9. The van der Waals surface area contributed by atoms with E-state index < -0.39 is 6.10 Å². The third-order valence-electron chi connectivity index (χ3n) is 2.78. The fraction of sp³-hybridized carbons (Fsp3) is 0.385. The van der Waals surface area contributed by atoms with Crippen molar-refractivity contribution in [3.05, 3.63) is 30.3 Å². The molecule has 1 unspecified atom stereocenters. The number of morpholine rings is 1. The summed E-state index contributed by atoms with van der Waals surface area (Å²) in [6.07, 6.45) is -0.501. The summed E-state index contributed by atoms with van der Waals surface area (Å²) >= 11 is 0. The zero-order valence-electron chi connectivity index (χ0n) is 10.0. The van der Waals surface area contributed by atoms with Crippen molar-refractivity contribution in [2.45, 2.75) is 6.10 Å². The number of ether oxygens (including phenoxy) is 1. The molecule has 1 aliphatic heterocycles. The second-order valence-electron chi connectivity index (χ2n) is 4.05. The number of hydrogen-bond donors (Lipinski definition) is 1. The highest BCUT2D eigenvalue weighted by molar-refractivity contribution is 5.81. The van der Waals surface area contributed by atoms with Crippen molar-refractivity contribution < 1.29 is 9.53 Å². The zero-order chi connectivity index (χ0) is 12.8. The summed E-state index contributed by atoms with van der Waals surface area (Å²) < 4.78 is 5.19. The average Bonchev–Trinajstić information content (AvgIpc) is 2.46. The number of nitriles is 1. The number of hydrogen-bond acceptors (Lipinski definition) is 4. The minimum atomic E-state index is -0.501. The lowest BCUT2D eigenvalue weighted by molar-refractivity contribution is -0.135. The maximum absolute atomic E-state index is 11.9. The van der Waals surface area contributed by atoms with Crippen LogP contribution in [0.2, 0.25) is 0 Å². The van der Waals surface area contributed by atoms with E-state index in [2.05, 4.69) is 5.32 Å². The number of rotatable bonds is 3. The van der Waals surface area contributed by atoms with Gasteiger partial charge < -0.3 is 15.0 Å². The van der Waals surface area contributed by atoms with Gasteiger partial charge in [0, 0.05) is 12.2 Å². The standard InChI is InChI=1S/C13H15N3O2/c14-8-12-10-16(6-7-18-12)13(17)9-15-11-4-2-1-3-5-11/h1-5,12,15H,6-7,9-10H2. The number of benzene rings is 1. The molecule has 1 fully saturated rings. The molecule has 1 aromatic carbocycles. The van der Waals surface area contributed by atoms with Gasteiger partial charge >= 0.3 is 0 Å². The van der Waals surface area contributed by atoms with Gasteiger partial charge in [-0.25, -0.2) is 0 Å². The van der Waals surface area contributed by atoms with Gasteiger partial charge in [0.1, 0.15) is 0 Å². The monoisotopic (exact) mass is 245 g/mol. The lowest BCUT2D eigenvalue weighted by Crippen LogP contribution is -2.47. The van der Waals surface area contributed by atoms with Gasteiger partial charge in [0.15, 0.2) is 6.10 Å². The molecule has 1 heterocycles. The smallest absolute Gasteiger partial charge is 0.242 e. The number of anilines is 1. The Bertz CT molecular complexity index is 441. The number of nitrogens with zero attached hydrogens (tertiary/aromatic N) is 2. The van der Waals surface area contributed by atoms with Gasteiger partial charge in [-0.05, 0) is 12.1 Å². The molecular formula is C13H15N3O2. The molecule has 1 aromatic rings. The molecule has 94 valence electrons. The molecule has 5 nitrogen and oxygen atoms in total. The first-order valence-electron chi connectivity index (χ1n) is 5.87. The van der Waals surface area contributed by atoms with Crippen molar-refractivity contribution in [3.63, 3.8) is 0 Å². The Morgan fingerprint density at radius 3 is 3.00 bits per heavy atom. The van der Waals surface area contributed by atoms with E-state index in [9.17, 15) is 4.79 Å². The van der Waals surface area contributed by atoms with Crippen LogP contribution in [0.5, 0.6) is 0 Å². The Hall–Kier alpha value is -2.06. The summed E-state index contributed by atoms with van der Waals surface area (Å²) in [5.41, 5.74) is 0.913. The topological polar surface area (TPSA) is 65.4 Å². The Morgan fingerprint density at radius 1 is 1.50 bits per heavy atom. The van der Waals surface area contributed by atoms with E-state index >= 15 is 0 Å². The van der Waals surface area contributed by atoms with Crippen molar-refractivity contribution in [2.75, 3.05) is 31.6 Å². The first-order chi connectivity index (χ1) is 8.79. The van der Waals surface area contributed by atoms with Crippen molar-refractivity contribution in [1.82, 2.24) is 4.90 Å². The molecule has 1 amide bonds. The van der Waals surface area contributed by atoms with Crippen molar-refractivity contribution in [1.29, 1.82) is 5.26 Å². The van der Waals surface area contributed by atoms with Crippen molar-refractivity contribution in [3.8, 4) is 6.07 Å². The third kappa shape index (κ3) is 3.22. The van der Waals surface area contributed by atoms with E-state index in [1.165, 1.54) is 0 Å². The summed E-state index contributed by atoms with van der Waals surface area (Å²) in [5, 5.41) is 11.8. The predicted octanol–water partition coefficient (Wildman–Crippen LogP) is 0.849. The van der Waals surface area contributed by atoms with E-state index in [1.54, 1.807) is 4.90 Å². The summed E-state index contributed by atoms with van der Waals surface area (Å²) in [5.74, 6) is -0.0117. The first kappa shape index (κ1) is 12.4. The highest BCUT2D eigenvalue weighted by Gasteiger charge is 2.23. The first-order valence-corrected chi connectivity index (χ1v) is 5.87. The average molecular weight is 245 g/mol. The Labute approximate surface area is 106 Å². The van der Waals surface area contributed by atoms with Gasteiger partial charge in [-0.1, -0.05) is 18.2 Å². The molecule has 0 aromatic heterocycles. The van der Waals surface area contributed by atoms with Gasteiger partial charge in [0.25, 0.3) is 0 Å². The van der Waals surface area contributed by atoms with Gasteiger partial charge in [-0.3, -0.25) is 4.79 Å². The van der Waals surface area contributed by atoms with Gasteiger partial charge in [-0.2, -0.15) is 5.26 Å². The lowest BCUT2D eigenvalue weighted by Gasteiger charge is -2.29. The van der Waals surface area contributed by atoms with Gasteiger partial charge in [0.05, 0.1) is 25.8 Å². The van der Waals surface area contributed by atoms with Crippen LogP contribution >= 0.6 is 0 Å². The van der Waals surface area contributed by atoms with Crippen LogP contribution in [0.25, 0.3) is 0 Å². The highest BCUT2D eigenvalue weighted by Crippen LogP contribution is 2.07. The van der Waals surface area contributed by atoms with Crippen LogP contribution in [0.4, 0.5) is 5.69 Å². The molecule has 0 bridgehead atoms. The summed E-state index contributed by atoms with van der Waals surface area (Å²) in [7, 11) is 0. The van der Waals surface area contributed by atoms with E-state index in [1.807, 2.05) is 36.4 Å². The molecule has 0 spiro atoms. The maximum Gasteiger partial charge on any atom is 0.242 e. The van der Waals surface area contributed by atoms with E-state index in [4.69, 9.17) is 10.00 Å². The zero-order valence-corrected chi connectivity index (χ0v) is 10.0. The Morgan fingerprint density at radius 2 is 2.28 bits per heavy atom. The normalized spacial score (nSPS) is 19.1. The van der Waals surface area contributed by atoms with Gasteiger partial charge in [0.2, 0.25) is 5.91 Å². The minimum absolute atomic E-state index is 0.0117. The molecule has 2 rings (SSSR count). The molecule has 5 heteroatoms. The largest absolute Gasteiger partial charge is 0.376 e. The fourth-order valence-corrected chi connectivity index (χ4v) is 1.80. The van der Waals surface area contributed by atoms with Crippen molar-refractivity contribution >= 4 is 11.6 Å². The SMILES string of the molecule is N#CC1CN(C(=O)CNc2ccccc2)CCO1. The van der Waals surface area contributed by atoms with Crippen LogP contribution in [-0.4, -0.2) is 43.2 Å². The lowest BCUT2D eigenvalue weighted by atomic mass is 10.3. The Kier molecular flexibility index (Phi) is 4.15. The quantitative estimate of drug-likeness (QED) is 0.857. The molecule has 18 heavy (non-hydrogen) atoms. The molecule has 0 saturated carbocycles. The van der Waals surface area contributed by atoms with Crippen LogP contribution in [0.1, 0.15) is 0 Å². The molecule has 1 saturated heterocycles. The molecule has 0 radical (unpaired) electrons. The molecular weight excluding hydrogens is 230 g/mol. The summed E-state index contributed by atoms with van der Waals surface area (Å²) in [4.78, 5) is 13.6. The van der Waals surface area contributed by atoms with Gasteiger partial charge in [-0.15, -0.1) is 0 Å². The molecule has 0 aliphatic carbocycles. The van der Waals surface area contributed by atoms with E-state index in [0.29, 0.717) is 19.7 Å². The number of carbonyl (C=O) groups excluding carboxylic acids is 1. The van der Waals surface area contributed by atoms with Crippen molar-refractivity contribution in [2.24, 2.45) is 0 Å². The molecule has 1 N–H and O–H groups in total. The molecule has 1 atom stereocenters. The minimum Gasteiger partial charge on any atom is -0.376 e. The van der Waals surface area contributed by atoms with Crippen LogP contribution in [0.15, 0.2) is 30.3 Å². The molecule has 1 aliphatic rings. The highest BCUT2D eigenvalue weighted by atomic mass is 16.5. The van der Waals surface area contributed by atoms with Crippen LogP contribution in [-0.2, 0) is 9.53 Å².